The van der Waals surface area contributed by atoms with Gasteiger partial charge in [0.25, 0.3) is 0 Å². The van der Waals surface area contributed by atoms with E-state index in [4.69, 9.17) is 0 Å². The third-order valence-electron chi connectivity index (χ3n) is 10.6. The van der Waals surface area contributed by atoms with E-state index in [1.54, 1.807) is 0 Å². The van der Waals surface area contributed by atoms with Gasteiger partial charge in [0.05, 0.1) is 5.41 Å². The van der Waals surface area contributed by atoms with Crippen LogP contribution >= 0.6 is 0 Å². The fourth-order valence-corrected chi connectivity index (χ4v) is 8.36. The van der Waals surface area contributed by atoms with Crippen LogP contribution in [0.15, 0.2) is 188 Å². The molecule has 0 heterocycles. The molecule has 0 N–H and O–H groups in total. The van der Waals surface area contributed by atoms with Gasteiger partial charge in [-0.25, -0.2) is 0 Å². The summed E-state index contributed by atoms with van der Waals surface area (Å²) in [6.45, 7) is 4.42. The van der Waals surface area contributed by atoms with E-state index in [0.29, 0.717) is 0 Å². The predicted octanol–water partition coefficient (Wildman–Crippen LogP) is 12.7. The SMILES string of the molecule is CC1=C(c2cc(-c3ccc4c(c3)-c3ccccc3C43c4ccccc4-c4cc5ccccc5cc43)ccc2C)/C=C/C=C\C=C/C=C/C=C\1. The minimum atomic E-state index is -0.358. The van der Waals surface area contributed by atoms with E-state index in [0.717, 1.165) is 0 Å². The molecule has 1 atom stereocenters. The highest BCUT2D eigenvalue weighted by Crippen LogP contribution is 2.63. The van der Waals surface area contributed by atoms with Gasteiger partial charge in [0.15, 0.2) is 0 Å². The summed E-state index contributed by atoms with van der Waals surface area (Å²) in [6.07, 6.45) is 21.1. The summed E-state index contributed by atoms with van der Waals surface area (Å²) < 4.78 is 0. The topological polar surface area (TPSA) is 0 Å². The standard InChI is InChI=1S/C49H36/c1-33-17-9-7-5-3-4-6-8-10-20-39(33)42-29-37(26-25-34(42)2)38-27-28-47-43(31-38)40-21-13-15-23-45(40)49(47)46-24-16-14-22-41(46)44-30-35-18-11-12-19-36(35)32-48(44)49/h3-32H,1-2H3/b4-3-,5-3?,6-4?,7-5+,8-6-,9-7?,10-8?,17-9-,20-10+,33-17?,39-20?,39-33+. The van der Waals surface area contributed by atoms with Gasteiger partial charge in [-0.05, 0) is 127 Å². The lowest BCUT2D eigenvalue weighted by atomic mass is 9.70. The molecule has 6 aromatic rings. The number of aryl methyl sites for hydroxylation is 1. The first-order valence-corrected chi connectivity index (χ1v) is 17.2. The fraction of sp³-hybridized carbons (Fsp3) is 0.0612. The number of hydrogen-bond donors (Lipinski definition) is 0. The highest BCUT2D eigenvalue weighted by Gasteiger charge is 2.51. The minimum Gasteiger partial charge on any atom is -0.0623 e. The van der Waals surface area contributed by atoms with Crippen molar-refractivity contribution in [2.45, 2.75) is 19.3 Å². The molecule has 3 aliphatic carbocycles. The second-order valence-electron chi connectivity index (χ2n) is 13.3. The van der Waals surface area contributed by atoms with Crippen LogP contribution < -0.4 is 0 Å². The fourth-order valence-electron chi connectivity index (χ4n) is 8.36. The maximum Gasteiger partial charge on any atom is 0.0725 e. The molecule has 0 bridgehead atoms. The molecule has 0 radical (unpaired) electrons. The molecule has 0 amide bonds. The van der Waals surface area contributed by atoms with Crippen molar-refractivity contribution in [2.75, 3.05) is 0 Å². The van der Waals surface area contributed by atoms with Gasteiger partial charge in [-0.2, -0.15) is 0 Å². The molecular formula is C49H36. The lowest BCUT2D eigenvalue weighted by Gasteiger charge is -2.30. The molecule has 0 nitrogen and oxygen atoms in total. The smallest absolute Gasteiger partial charge is 0.0623 e. The van der Waals surface area contributed by atoms with E-state index >= 15 is 0 Å². The Kier molecular flexibility index (Phi) is 6.92. The van der Waals surface area contributed by atoms with Gasteiger partial charge >= 0.3 is 0 Å². The lowest BCUT2D eigenvalue weighted by molar-refractivity contribution is 0.795. The number of fused-ring (bicyclic) bond motifs is 11. The molecule has 49 heavy (non-hydrogen) atoms. The summed E-state index contributed by atoms with van der Waals surface area (Å²) in [6, 6.07) is 45.9. The van der Waals surface area contributed by atoms with Crippen molar-refractivity contribution in [1.29, 1.82) is 0 Å². The van der Waals surface area contributed by atoms with Crippen molar-refractivity contribution in [3.8, 4) is 33.4 Å². The van der Waals surface area contributed by atoms with E-state index < -0.39 is 0 Å². The Hall–Kier alpha value is -5.98. The molecule has 0 fully saturated rings. The van der Waals surface area contributed by atoms with E-state index in [-0.39, 0.29) is 5.41 Å². The zero-order chi connectivity index (χ0) is 33.0. The van der Waals surface area contributed by atoms with Crippen LogP contribution in [0.3, 0.4) is 0 Å². The largest absolute Gasteiger partial charge is 0.0725 e. The van der Waals surface area contributed by atoms with Gasteiger partial charge in [0.1, 0.15) is 0 Å². The molecule has 0 heteroatoms. The van der Waals surface area contributed by atoms with Crippen LogP contribution in [0.4, 0.5) is 0 Å². The van der Waals surface area contributed by atoms with E-state index in [2.05, 4.69) is 190 Å². The van der Waals surface area contributed by atoms with Crippen LogP contribution in [0.1, 0.15) is 40.3 Å². The van der Waals surface area contributed by atoms with Crippen LogP contribution in [-0.2, 0) is 5.41 Å². The highest BCUT2D eigenvalue weighted by molar-refractivity contribution is 6.00. The van der Waals surface area contributed by atoms with Crippen LogP contribution in [0.2, 0.25) is 0 Å². The first-order chi connectivity index (χ1) is 24.1. The van der Waals surface area contributed by atoms with Gasteiger partial charge in [-0.3, -0.25) is 0 Å². The van der Waals surface area contributed by atoms with Crippen LogP contribution in [0.25, 0.3) is 49.7 Å². The zero-order valence-corrected chi connectivity index (χ0v) is 27.8. The van der Waals surface area contributed by atoms with Crippen molar-refractivity contribution in [2.24, 2.45) is 0 Å². The van der Waals surface area contributed by atoms with E-state index in [1.165, 1.54) is 88.7 Å². The molecule has 0 aliphatic heterocycles. The molecule has 0 saturated heterocycles. The predicted molar refractivity (Wildman–Crippen MR) is 209 cm³/mol. The maximum atomic E-state index is 2.46. The molecule has 3 aliphatic rings. The third-order valence-corrected chi connectivity index (χ3v) is 10.6. The second kappa shape index (κ2) is 11.6. The molecule has 1 unspecified atom stereocenters. The number of hydrogen-bond acceptors (Lipinski definition) is 0. The van der Waals surface area contributed by atoms with Crippen molar-refractivity contribution in [3.05, 3.63) is 221 Å². The molecule has 6 aromatic carbocycles. The average Bonchev–Trinajstić information content (AvgIpc) is 3.59. The van der Waals surface area contributed by atoms with Gasteiger partial charge < -0.3 is 0 Å². The summed E-state index contributed by atoms with van der Waals surface area (Å²) in [5.74, 6) is 0. The Morgan fingerprint density at radius 3 is 1.57 bits per heavy atom. The summed E-state index contributed by atoms with van der Waals surface area (Å²) in [4.78, 5) is 0. The average molecular weight is 625 g/mol. The minimum absolute atomic E-state index is 0.358. The summed E-state index contributed by atoms with van der Waals surface area (Å²) >= 11 is 0. The second-order valence-corrected chi connectivity index (χ2v) is 13.3. The van der Waals surface area contributed by atoms with Gasteiger partial charge in [0.2, 0.25) is 0 Å². The van der Waals surface area contributed by atoms with Crippen LogP contribution in [0, 0.1) is 6.92 Å². The lowest BCUT2D eigenvalue weighted by Crippen LogP contribution is -2.25. The third kappa shape index (κ3) is 4.52. The quantitative estimate of drug-likeness (QED) is 0.179. The Balaban J connectivity index is 1.24. The van der Waals surface area contributed by atoms with Crippen molar-refractivity contribution in [3.63, 3.8) is 0 Å². The zero-order valence-electron chi connectivity index (χ0n) is 27.8. The van der Waals surface area contributed by atoms with Gasteiger partial charge in [0, 0.05) is 0 Å². The maximum absolute atomic E-state index is 2.46. The van der Waals surface area contributed by atoms with E-state index in [9.17, 15) is 0 Å². The number of benzene rings is 6. The summed E-state index contributed by atoms with van der Waals surface area (Å²) in [5, 5.41) is 2.57. The Morgan fingerprint density at radius 2 is 0.878 bits per heavy atom. The molecule has 1 spiro atoms. The highest BCUT2D eigenvalue weighted by atomic mass is 14.5. The monoisotopic (exact) mass is 624 g/mol. The van der Waals surface area contributed by atoms with Crippen molar-refractivity contribution >= 4 is 16.3 Å². The Morgan fingerprint density at radius 1 is 0.367 bits per heavy atom. The van der Waals surface area contributed by atoms with Gasteiger partial charge in [-0.15, -0.1) is 0 Å². The van der Waals surface area contributed by atoms with Crippen LogP contribution in [0.5, 0.6) is 0 Å². The number of allylic oxidation sites excluding steroid dienone is 12. The van der Waals surface area contributed by atoms with E-state index in [1.807, 2.05) is 6.08 Å². The molecule has 0 aromatic heterocycles. The molecule has 232 valence electrons. The van der Waals surface area contributed by atoms with Gasteiger partial charge in [-0.1, -0.05) is 158 Å². The van der Waals surface area contributed by atoms with Crippen LogP contribution in [-0.4, -0.2) is 0 Å². The Labute approximate surface area is 289 Å². The molecular weight excluding hydrogens is 589 g/mol. The number of rotatable bonds is 2. The van der Waals surface area contributed by atoms with Crippen molar-refractivity contribution in [1.82, 2.24) is 0 Å². The normalized spacial score (nSPS) is 21.9. The first-order valence-electron chi connectivity index (χ1n) is 17.2. The molecule has 0 saturated carbocycles. The molecule has 9 rings (SSSR count). The van der Waals surface area contributed by atoms with Crippen molar-refractivity contribution < 1.29 is 0 Å². The Bertz CT molecular complexity index is 2510. The summed E-state index contributed by atoms with van der Waals surface area (Å²) in [7, 11) is 0. The first kappa shape index (κ1) is 29.2. The summed E-state index contributed by atoms with van der Waals surface area (Å²) in [5.41, 5.74) is 17.9.